The highest BCUT2D eigenvalue weighted by molar-refractivity contribution is 6.29. The maximum absolute atomic E-state index is 13.1. The van der Waals surface area contributed by atoms with Crippen LogP contribution >= 0.6 is 0 Å². The molecule has 0 unspecified atom stereocenters. The molecule has 0 fully saturated rings. The van der Waals surface area contributed by atoms with E-state index in [1.54, 1.807) is 31.2 Å². The van der Waals surface area contributed by atoms with Crippen LogP contribution in [0.2, 0.25) is 0 Å². The summed E-state index contributed by atoms with van der Waals surface area (Å²) in [6.07, 6.45) is 1.32. The molecule has 10 nitrogen and oxygen atoms in total. The van der Waals surface area contributed by atoms with Crippen LogP contribution in [0.4, 0.5) is 22.7 Å². The normalized spacial score (nSPS) is 10.1. The fourth-order valence-corrected chi connectivity index (χ4v) is 2.99. The Bertz CT molecular complexity index is 1210. The smallest absolute Gasteiger partial charge is 0.292 e. The number of aryl methyl sites for hydroxylation is 1. The van der Waals surface area contributed by atoms with Crippen molar-refractivity contribution < 1.29 is 19.4 Å². The molecule has 2 N–H and O–H groups in total. The number of hydrogen-bond acceptors (Lipinski definition) is 6. The van der Waals surface area contributed by atoms with E-state index in [0.29, 0.717) is 5.56 Å². The minimum absolute atomic E-state index is 0.0957. The van der Waals surface area contributed by atoms with Crippen molar-refractivity contribution in [2.45, 2.75) is 6.92 Å². The van der Waals surface area contributed by atoms with Crippen LogP contribution in [0.3, 0.4) is 0 Å². The summed E-state index contributed by atoms with van der Waals surface area (Å²) in [5, 5.41) is 27.3. The Morgan fingerprint density at radius 2 is 1.15 bits per heavy atom. The van der Waals surface area contributed by atoms with E-state index in [2.05, 4.69) is 10.6 Å². The van der Waals surface area contributed by atoms with Crippen molar-refractivity contribution in [2.75, 3.05) is 10.6 Å². The molecule has 2 amide bonds. The molecular weight excluding hydrogens is 428 g/mol. The van der Waals surface area contributed by atoms with Crippen LogP contribution in [0.15, 0.2) is 78.4 Å². The minimum atomic E-state index is -0.913. The largest absolute Gasteiger partial charge is 0.316 e. The van der Waals surface area contributed by atoms with Gasteiger partial charge in [0.05, 0.1) is 9.85 Å². The first-order valence-corrected chi connectivity index (χ1v) is 9.65. The molecule has 10 heteroatoms. The Kier molecular flexibility index (Phi) is 6.89. The molecule has 0 aromatic heterocycles. The van der Waals surface area contributed by atoms with Crippen molar-refractivity contribution in [3.63, 3.8) is 0 Å². The zero-order valence-electron chi connectivity index (χ0n) is 17.3. The molecule has 0 aliphatic carbocycles. The van der Waals surface area contributed by atoms with E-state index >= 15 is 0 Å². The number of carbonyl (C=O) groups excluding carboxylic acids is 2. The van der Waals surface area contributed by atoms with E-state index in [9.17, 15) is 29.8 Å². The van der Waals surface area contributed by atoms with E-state index in [1.807, 2.05) is 0 Å². The molecule has 0 saturated heterocycles. The second kappa shape index (κ2) is 9.96. The van der Waals surface area contributed by atoms with Gasteiger partial charge in [-0.2, -0.15) is 0 Å². The highest BCUT2D eigenvalue weighted by atomic mass is 16.6. The summed E-state index contributed by atoms with van der Waals surface area (Å²) < 4.78 is 0. The average molecular weight is 446 g/mol. The second-order valence-corrected chi connectivity index (χ2v) is 6.87. The van der Waals surface area contributed by atoms with E-state index in [1.165, 1.54) is 54.6 Å². The fraction of sp³-hybridized carbons (Fsp3) is 0.0435. The number of rotatable bonds is 7. The molecule has 0 aliphatic rings. The van der Waals surface area contributed by atoms with Gasteiger partial charge < -0.3 is 10.6 Å². The molecule has 3 aromatic rings. The van der Waals surface area contributed by atoms with Crippen LogP contribution < -0.4 is 10.6 Å². The number of nitrogens with one attached hydrogen (secondary N) is 2. The Labute approximate surface area is 187 Å². The van der Waals surface area contributed by atoms with Gasteiger partial charge in [-0.05, 0) is 36.3 Å². The van der Waals surface area contributed by atoms with Crippen LogP contribution in [0.1, 0.15) is 11.1 Å². The summed E-state index contributed by atoms with van der Waals surface area (Å²) in [7, 11) is 0. The van der Waals surface area contributed by atoms with E-state index < -0.39 is 21.7 Å². The molecule has 0 bridgehead atoms. The molecule has 0 heterocycles. The third-order valence-electron chi connectivity index (χ3n) is 4.68. The highest BCUT2D eigenvalue weighted by Crippen LogP contribution is 2.26. The molecule has 0 radical (unpaired) electrons. The zero-order valence-corrected chi connectivity index (χ0v) is 17.3. The van der Waals surface area contributed by atoms with Crippen LogP contribution in [0, 0.1) is 27.2 Å². The minimum Gasteiger partial charge on any atom is -0.316 e. The first kappa shape index (κ1) is 22.8. The number of carbonyl (C=O) groups is 2. The summed E-state index contributed by atoms with van der Waals surface area (Å²) in [6.45, 7) is 1.78. The van der Waals surface area contributed by atoms with Crippen molar-refractivity contribution in [3.05, 3.63) is 110 Å². The predicted octanol–water partition coefficient (Wildman–Crippen LogP) is 4.47. The summed E-state index contributed by atoms with van der Waals surface area (Å²) >= 11 is 0. The maximum atomic E-state index is 13.1. The number of amides is 2. The number of hydrogen-bond donors (Lipinski definition) is 2. The molecule has 0 atom stereocenters. The number of nitro benzene ring substituents is 2. The SMILES string of the molecule is Cc1ccccc1C=C(C(=O)Nc1ccccc1[N+](=O)[O-])C(=O)Nc1ccccc1[N+](=O)[O-]. The molecule has 0 aliphatic heterocycles. The number of benzene rings is 3. The zero-order chi connectivity index (χ0) is 24.0. The Balaban J connectivity index is 2.01. The summed E-state index contributed by atoms with van der Waals surface area (Å²) in [4.78, 5) is 47.4. The van der Waals surface area contributed by atoms with Gasteiger partial charge in [0.25, 0.3) is 23.2 Å². The lowest BCUT2D eigenvalue weighted by Gasteiger charge is -2.11. The second-order valence-electron chi connectivity index (χ2n) is 6.87. The molecule has 0 spiro atoms. The van der Waals surface area contributed by atoms with Gasteiger partial charge >= 0.3 is 0 Å². The molecule has 3 aromatic carbocycles. The van der Waals surface area contributed by atoms with Gasteiger partial charge in [0.2, 0.25) is 0 Å². The number of para-hydroxylation sites is 4. The van der Waals surface area contributed by atoms with Crippen LogP contribution in [-0.2, 0) is 9.59 Å². The fourth-order valence-electron chi connectivity index (χ4n) is 2.99. The van der Waals surface area contributed by atoms with Gasteiger partial charge in [0.15, 0.2) is 0 Å². The van der Waals surface area contributed by atoms with Crippen molar-refractivity contribution in [1.29, 1.82) is 0 Å². The molecule has 3 rings (SSSR count). The number of anilines is 2. The Morgan fingerprint density at radius 3 is 1.61 bits per heavy atom. The van der Waals surface area contributed by atoms with E-state index in [4.69, 9.17) is 0 Å². The van der Waals surface area contributed by atoms with E-state index in [-0.39, 0.29) is 28.3 Å². The summed E-state index contributed by atoms with van der Waals surface area (Å²) in [6, 6.07) is 18.0. The van der Waals surface area contributed by atoms with Crippen LogP contribution in [0.5, 0.6) is 0 Å². The third kappa shape index (κ3) is 5.44. The van der Waals surface area contributed by atoms with Crippen LogP contribution in [-0.4, -0.2) is 21.7 Å². The van der Waals surface area contributed by atoms with Crippen molar-refractivity contribution in [2.24, 2.45) is 0 Å². The predicted molar refractivity (Wildman–Crippen MR) is 123 cm³/mol. The monoisotopic (exact) mass is 446 g/mol. The first-order valence-electron chi connectivity index (χ1n) is 9.65. The average Bonchev–Trinajstić information content (AvgIpc) is 2.78. The first-order chi connectivity index (χ1) is 15.8. The molecule has 33 heavy (non-hydrogen) atoms. The standard InChI is InChI=1S/C23H18N4O6/c1-15-8-2-3-9-16(15)14-17(22(28)24-18-10-4-6-12-20(18)26(30)31)23(29)25-19-11-5-7-13-21(19)27(32)33/h2-14H,1H3,(H,24,28)(H,25,29). The molecule has 166 valence electrons. The van der Waals surface area contributed by atoms with Crippen molar-refractivity contribution >= 4 is 40.6 Å². The van der Waals surface area contributed by atoms with Gasteiger partial charge in [0.1, 0.15) is 16.9 Å². The van der Waals surface area contributed by atoms with Crippen molar-refractivity contribution in [1.82, 2.24) is 0 Å². The quantitative estimate of drug-likeness (QED) is 0.180. The number of nitro groups is 2. The Morgan fingerprint density at radius 1 is 0.727 bits per heavy atom. The lowest BCUT2D eigenvalue weighted by atomic mass is 10.0. The van der Waals surface area contributed by atoms with Crippen LogP contribution in [0.25, 0.3) is 6.08 Å². The maximum Gasteiger partial charge on any atom is 0.292 e. The van der Waals surface area contributed by atoms with Gasteiger partial charge in [-0.25, -0.2) is 0 Å². The van der Waals surface area contributed by atoms with Gasteiger partial charge in [-0.15, -0.1) is 0 Å². The lowest BCUT2D eigenvalue weighted by Crippen LogP contribution is -2.26. The topological polar surface area (TPSA) is 144 Å². The van der Waals surface area contributed by atoms with E-state index in [0.717, 1.165) is 5.56 Å². The highest BCUT2D eigenvalue weighted by Gasteiger charge is 2.24. The molecule has 0 saturated carbocycles. The number of nitrogens with zero attached hydrogens (tertiary/aromatic N) is 2. The van der Waals surface area contributed by atoms with Gasteiger partial charge in [-0.3, -0.25) is 29.8 Å². The summed E-state index contributed by atoms with van der Waals surface area (Å²) in [5.41, 5.74) is 0.0549. The third-order valence-corrected chi connectivity index (χ3v) is 4.68. The lowest BCUT2D eigenvalue weighted by molar-refractivity contribution is -0.384. The Hall–Kier alpha value is -4.86. The van der Waals surface area contributed by atoms with Gasteiger partial charge in [0, 0.05) is 12.1 Å². The van der Waals surface area contributed by atoms with Crippen molar-refractivity contribution in [3.8, 4) is 0 Å². The van der Waals surface area contributed by atoms with Gasteiger partial charge in [-0.1, -0.05) is 48.5 Å². The summed E-state index contributed by atoms with van der Waals surface area (Å²) in [5.74, 6) is -1.83. The molecular formula is C23H18N4O6.